The largest absolute Gasteiger partial charge is 0.345 e. The number of nitrogens with zero attached hydrogens (tertiary/aromatic N) is 3. The van der Waals surface area contributed by atoms with Crippen LogP contribution in [0.4, 0.5) is 0 Å². The number of H-pyrrole nitrogens is 1. The van der Waals surface area contributed by atoms with Gasteiger partial charge in [-0.05, 0) is 33.2 Å². The van der Waals surface area contributed by atoms with Crippen molar-refractivity contribution in [2.75, 3.05) is 13.1 Å². The van der Waals surface area contributed by atoms with Crippen LogP contribution in [0.1, 0.15) is 31.3 Å². The first kappa shape index (κ1) is 11.2. The molecule has 2 heterocycles. The average Bonchev–Trinajstić information content (AvgIpc) is 2.64. The van der Waals surface area contributed by atoms with Crippen LogP contribution >= 0.6 is 0 Å². The lowest BCUT2D eigenvalue weighted by molar-refractivity contribution is 0.135. The summed E-state index contributed by atoms with van der Waals surface area (Å²) >= 11 is 0. The van der Waals surface area contributed by atoms with Gasteiger partial charge in [0, 0.05) is 25.0 Å². The van der Waals surface area contributed by atoms with Crippen molar-refractivity contribution in [3.8, 4) is 6.07 Å². The van der Waals surface area contributed by atoms with Crippen LogP contribution in [0.25, 0.3) is 0 Å². The third-order valence-electron chi connectivity index (χ3n) is 3.19. The SMILES string of the molecule is Cc1ncc(CN2CCCC(C)(C#N)C2)[nH]1. The van der Waals surface area contributed by atoms with Crippen molar-refractivity contribution in [2.24, 2.45) is 5.41 Å². The van der Waals surface area contributed by atoms with Gasteiger partial charge in [0.25, 0.3) is 0 Å². The summed E-state index contributed by atoms with van der Waals surface area (Å²) in [6, 6.07) is 2.43. The third kappa shape index (κ3) is 2.42. The number of hydrogen-bond acceptors (Lipinski definition) is 3. The second kappa shape index (κ2) is 4.26. The van der Waals surface area contributed by atoms with Gasteiger partial charge in [0.1, 0.15) is 5.82 Å². The zero-order valence-electron chi connectivity index (χ0n) is 9.95. The van der Waals surface area contributed by atoms with Crippen molar-refractivity contribution in [1.82, 2.24) is 14.9 Å². The summed E-state index contributed by atoms with van der Waals surface area (Å²) in [6.07, 6.45) is 4.01. The van der Waals surface area contributed by atoms with Crippen LogP contribution in [-0.2, 0) is 6.54 Å². The molecule has 2 rings (SSSR count). The molecule has 0 radical (unpaired) electrons. The summed E-state index contributed by atoms with van der Waals surface area (Å²) in [5, 5.41) is 9.14. The lowest BCUT2D eigenvalue weighted by atomic mass is 9.83. The molecule has 1 atom stereocenters. The highest BCUT2D eigenvalue weighted by atomic mass is 15.1. The Hall–Kier alpha value is -1.34. The maximum atomic E-state index is 9.14. The molecule has 0 amide bonds. The Labute approximate surface area is 96.3 Å². The van der Waals surface area contributed by atoms with E-state index < -0.39 is 0 Å². The molecule has 1 aromatic heterocycles. The van der Waals surface area contributed by atoms with Crippen LogP contribution in [0.5, 0.6) is 0 Å². The van der Waals surface area contributed by atoms with E-state index in [1.165, 1.54) is 0 Å². The molecule has 1 N–H and O–H groups in total. The maximum absolute atomic E-state index is 9.14. The van der Waals surface area contributed by atoms with Gasteiger partial charge in [-0.3, -0.25) is 4.90 Å². The van der Waals surface area contributed by atoms with Crippen molar-refractivity contribution in [3.05, 3.63) is 17.7 Å². The highest BCUT2D eigenvalue weighted by molar-refractivity contribution is 5.03. The number of rotatable bonds is 2. The lowest BCUT2D eigenvalue weighted by Gasteiger charge is -2.35. The van der Waals surface area contributed by atoms with E-state index in [0.29, 0.717) is 0 Å². The molecule has 1 aliphatic rings. The molecule has 0 bridgehead atoms. The standard InChI is InChI=1S/C12H18N4/c1-10-14-6-11(15-10)7-16-5-3-4-12(2,8-13)9-16/h6H,3-5,7,9H2,1-2H3,(H,14,15). The first-order valence-electron chi connectivity index (χ1n) is 5.75. The van der Waals surface area contributed by atoms with E-state index in [2.05, 4.69) is 27.9 Å². The van der Waals surface area contributed by atoms with Gasteiger partial charge in [-0.1, -0.05) is 0 Å². The number of likely N-dealkylation sites (tertiary alicyclic amines) is 1. The molecular weight excluding hydrogens is 200 g/mol. The summed E-state index contributed by atoms with van der Waals surface area (Å²) < 4.78 is 0. The van der Waals surface area contributed by atoms with Gasteiger partial charge < -0.3 is 4.98 Å². The molecule has 1 saturated heterocycles. The van der Waals surface area contributed by atoms with Gasteiger partial charge >= 0.3 is 0 Å². The molecule has 0 saturated carbocycles. The highest BCUT2D eigenvalue weighted by Gasteiger charge is 2.30. The lowest BCUT2D eigenvalue weighted by Crippen LogP contribution is -2.40. The van der Waals surface area contributed by atoms with Crippen molar-refractivity contribution in [3.63, 3.8) is 0 Å². The van der Waals surface area contributed by atoms with Crippen LogP contribution in [0.3, 0.4) is 0 Å². The number of nitrogens with one attached hydrogen (secondary N) is 1. The minimum absolute atomic E-state index is 0.173. The van der Waals surface area contributed by atoms with Gasteiger partial charge in [-0.2, -0.15) is 5.26 Å². The van der Waals surface area contributed by atoms with Gasteiger partial charge in [-0.15, -0.1) is 0 Å². The summed E-state index contributed by atoms with van der Waals surface area (Å²) in [6.45, 7) is 6.82. The first-order valence-corrected chi connectivity index (χ1v) is 5.75. The number of aryl methyl sites for hydroxylation is 1. The average molecular weight is 218 g/mol. The molecule has 1 aliphatic heterocycles. The van der Waals surface area contributed by atoms with Crippen LogP contribution in [0, 0.1) is 23.7 Å². The summed E-state index contributed by atoms with van der Waals surface area (Å²) in [5.74, 6) is 0.954. The van der Waals surface area contributed by atoms with E-state index in [1.54, 1.807) is 0 Å². The van der Waals surface area contributed by atoms with Gasteiger partial charge in [0.15, 0.2) is 0 Å². The Morgan fingerprint density at radius 1 is 1.69 bits per heavy atom. The van der Waals surface area contributed by atoms with E-state index in [4.69, 9.17) is 5.26 Å². The Balaban J connectivity index is 1.98. The zero-order valence-corrected chi connectivity index (χ0v) is 9.95. The third-order valence-corrected chi connectivity index (χ3v) is 3.19. The van der Waals surface area contributed by atoms with Crippen LogP contribution < -0.4 is 0 Å². The monoisotopic (exact) mass is 218 g/mol. The van der Waals surface area contributed by atoms with E-state index in [9.17, 15) is 0 Å². The quantitative estimate of drug-likeness (QED) is 0.824. The second-order valence-electron chi connectivity index (χ2n) is 4.98. The molecule has 1 fully saturated rings. The molecule has 1 unspecified atom stereocenters. The highest BCUT2D eigenvalue weighted by Crippen LogP contribution is 2.28. The Morgan fingerprint density at radius 2 is 2.50 bits per heavy atom. The van der Waals surface area contributed by atoms with E-state index in [1.807, 2.05) is 13.1 Å². The minimum atomic E-state index is -0.173. The van der Waals surface area contributed by atoms with E-state index >= 15 is 0 Å². The maximum Gasteiger partial charge on any atom is 0.103 e. The van der Waals surface area contributed by atoms with Gasteiger partial charge in [0.05, 0.1) is 11.5 Å². The van der Waals surface area contributed by atoms with Crippen molar-refractivity contribution < 1.29 is 0 Å². The zero-order chi connectivity index (χ0) is 11.6. The number of aromatic nitrogens is 2. The fourth-order valence-electron chi connectivity index (χ4n) is 2.36. The molecule has 1 aromatic rings. The molecule has 4 heteroatoms. The van der Waals surface area contributed by atoms with Gasteiger partial charge in [-0.25, -0.2) is 4.98 Å². The number of piperidine rings is 1. The molecule has 86 valence electrons. The minimum Gasteiger partial charge on any atom is -0.345 e. The Kier molecular flexibility index (Phi) is 2.97. The van der Waals surface area contributed by atoms with Gasteiger partial charge in [0.2, 0.25) is 0 Å². The number of imidazole rings is 1. The van der Waals surface area contributed by atoms with Crippen molar-refractivity contribution in [1.29, 1.82) is 5.26 Å². The first-order chi connectivity index (χ1) is 7.61. The van der Waals surface area contributed by atoms with E-state index in [-0.39, 0.29) is 5.41 Å². The predicted octanol–water partition coefficient (Wildman–Crippen LogP) is 1.84. The molecule has 4 nitrogen and oxygen atoms in total. The fourth-order valence-corrected chi connectivity index (χ4v) is 2.36. The number of hydrogen-bond donors (Lipinski definition) is 1. The van der Waals surface area contributed by atoms with Crippen molar-refractivity contribution >= 4 is 0 Å². The summed E-state index contributed by atoms with van der Waals surface area (Å²) in [4.78, 5) is 9.76. The van der Waals surface area contributed by atoms with Crippen LogP contribution in [0.2, 0.25) is 0 Å². The molecule has 0 aliphatic carbocycles. The number of aromatic amines is 1. The molecule has 0 spiro atoms. The predicted molar refractivity (Wildman–Crippen MR) is 61.6 cm³/mol. The normalized spacial score (nSPS) is 26.6. The second-order valence-corrected chi connectivity index (χ2v) is 4.98. The van der Waals surface area contributed by atoms with Crippen LogP contribution in [-0.4, -0.2) is 28.0 Å². The topological polar surface area (TPSA) is 55.7 Å². The summed E-state index contributed by atoms with van der Waals surface area (Å²) in [5.41, 5.74) is 0.965. The Morgan fingerprint density at radius 3 is 3.12 bits per heavy atom. The molecule has 0 aromatic carbocycles. The van der Waals surface area contributed by atoms with E-state index in [0.717, 1.165) is 44.0 Å². The van der Waals surface area contributed by atoms with Crippen LogP contribution in [0.15, 0.2) is 6.20 Å². The smallest absolute Gasteiger partial charge is 0.103 e. The summed E-state index contributed by atoms with van der Waals surface area (Å²) in [7, 11) is 0. The molecular formula is C12H18N4. The number of nitriles is 1. The Bertz CT molecular complexity index is 403. The molecule has 16 heavy (non-hydrogen) atoms. The fraction of sp³-hybridized carbons (Fsp3) is 0.667. The van der Waals surface area contributed by atoms with Crippen molar-refractivity contribution in [2.45, 2.75) is 33.2 Å².